The summed E-state index contributed by atoms with van der Waals surface area (Å²) in [5.74, 6) is -0.804. The lowest BCUT2D eigenvalue weighted by Gasteiger charge is -2.36. The summed E-state index contributed by atoms with van der Waals surface area (Å²) in [5.41, 5.74) is -0.290. The van der Waals surface area contributed by atoms with Gasteiger partial charge in [-0.2, -0.15) is 13.2 Å². The Hall–Kier alpha value is -0.120. The molecule has 8 heteroatoms. The first-order valence-corrected chi connectivity index (χ1v) is 6.94. The normalized spacial score (nSPS) is 18.4. The molecule has 1 aromatic carbocycles. The number of hydrogen-bond acceptors (Lipinski definition) is 2. The number of rotatable bonds is 2. The lowest BCUT2D eigenvalue weighted by atomic mass is 10.0. The SMILES string of the molecule is Cl.Fc1ccc(I)cc1[C@@H](N1CCNCC1)C(F)(F)F. The van der Waals surface area contributed by atoms with E-state index in [4.69, 9.17) is 0 Å². The van der Waals surface area contributed by atoms with Crippen LogP contribution in [0.3, 0.4) is 0 Å². The van der Waals surface area contributed by atoms with Gasteiger partial charge in [-0.05, 0) is 40.8 Å². The molecule has 2 nitrogen and oxygen atoms in total. The van der Waals surface area contributed by atoms with Gasteiger partial charge in [-0.3, -0.25) is 4.90 Å². The predicted octanol–water partition coefficient (Wildman–Crippen LogP) is 3.36. The monoisotopic (exact) mass is 424 g/mol. The Morgan fingerprint density at radius 3 is 2.35 bits per heavy atom. The maximum absolute atomic E-state index is 13.8. The van der Waals surface area contributed by atoms with Gasteiger partial charge in [-0.1, -0.05) is 0 Å². The first kappa shape index (κ1) is 17.9. The zero-order valence-corrected chi connectivity index (χ0v) is 13.4. The Bertz CT molecular complexity index is 450. The van der Waals surface area contributed by atoms with Gasteiger partial charge in [0.1, 0.15) is 11.9 Å². The second kappa shape index (κ2) is 7.24. The highest BCUT2D eigenvalue weighted by Gasteiger charge is 2.46. The van der Waals surface area contributed by atoms with Gasteiger partial charge in [0.15, 0.2) is 0 Å². The Morgan fingerprint density at radius 1 is 1.20 bits per heavy atom. The summed E-state index contributed by atoms with van der Waals surface area (Å²) >= 11 is 1.89. The first-order valence-electron chi connectivity index (χ1n) is 5.86. The van der Waals surface area contributed by atoms with Crippen LogP contribution in [-0.2, 0) is 0 Å². The highest BCUT2D eigenvalue weighted by atomic mass is 127. The first-order chi connectivity index (χ1) is 8.89. The van der Waals surface area contributed by atoms with Crippen molar-refractivity contribution in [1.29, 1.82) is 0 Å². The summed E-state index contributed by atoms with van der Waals surface area (Å²) in [6.45, 7) is 1.49. The molecule has 1 heterocycles. The van der Waals surface area contributed by atoms with E-state index in [1.165, 1.54) is 17.0 Å². The minimum absolute atomic E-state index is 0. The summed E-state index contributed by atoms with van der Waals surface area (Å²) in [5, 5.41) is 2.99. The van der Waals surface area contributed by atoms with Crippen LogP contribution in [0, 0.1) is 9.39 Å². The van der Waals surface area contributed by atoms with E-state index in [9.17, 15) is 17.6 Å². The van der Waals surface area contributed by atoms with E-state index in [0.717, 1.165) is 6.07 Å². The number of nitrogens with one attached hydrogen (secondary N) is 1. The molecule has 114 valence electrons. The number of halogens is 6. The largest absolute Gasteiger partial charge is 0.408 e. The molecule has 1 aliphatic rings. The second-order valence-corrected chi connectivity index (χ2v) is 5.64. The van der Waals surface area contributed by atoms with Crippen LogP contribution in [0.25, 0.3) is 0 Å². The van der Waals surface area contributed by atoms with Gasteiger partial charge in [0.2, 0.25) is 0 Å². The molecule has 1 aliphatic heterocycles. The number of hydrogen-bond donors (Lipinski definition) is 1. The molecular weight excluding hydrogens is 410 g/mol. The van der Waals surface area contributed by atoms with Crippen LogP contribution in [0.15, 0.2) is 18.2 Å². The number of nitrogens with zero attached hydrogens (tertiary/aromatic N) is 1. The van der Waals surface area contributed by atoms with Crippen LogP contribution in [0.5, 0.6) is 0 Å². The number of alkyl halides is 3. The summed E-state index contributed by atoms with van der Waals surface area (Å²) in [7, 11) is 0. The molecule has 0 spiro atoms. The maximum atomic E-state index is 13.8. The minimum atomic E-state index is -4.48. The van der Waals surface area contributed by atoms with Gasteiger partial charge < -0.3 is 5.32 Å². The third-order valence-electron chi connectivity index (χ3n) is 3.08. The second-order valence-electron chi connectivity index (χ2n) is 4.40. The van der Waals surface area contributed by atoms with E-state index >= 15 is 0 Å². The molecule has 1 saturated heterocycles. The van der Waals surface area contributed by atoms with E-state index in [-0.39, 0.29) is 31.1 Å². The van der Waals surface area contributed by atoms with Gasteiger partial charge >= 0.3 is 6.18 Å². The van der Waals surface area contributed by atoms with E-state index in [1.807, 2.05) is 22.6 Å². The van der Waals surface area contributed by atoms with Crippen molar-refractivity contribution in [2.75, 3.05) is 26.2 Å². The molecule has 0 amide bonds. The number of piperazine rings is 1. The van der Waals surface area contributed by atoms with E-state index in [1.54, 1.807) is 0 Å². The average Bonchev–Trinajstić information content (AvgIpc) is 2.33. The van der Waals surface area contributed by atoms with Crippen LogP contribution >= 0.6 is 35.0 Å². The van der Waals surface area contributed by atoms with Crippen molar-refractivity contribution >= 4 is 35.0 Å². The molecule has 1 fully saturated rings. The van der Waals surface area contributed by atoms with E-state index in [2.05, 4.69) is 5.32 Å². The molecule has 0 saturated carbocycles. The van der Waals surface area contributed by atoms with Crippen molar-refractivity contribution in [3.05, 3.63) is 33.1 Å². The third kappa shape index (κ3) is 4.19. The van der Waals surface area contributed by atoms with Gasteiger partial charge in [-0.25, -0.2) is 4.39 Å². The summed E-state index contributed by atoms with van der Waals surface area (Å²) < 4.78 is 54.2. The lowest BCUT2D eigenvalue weighted by Crippen LogP contribution is -2.49. The van der Waals surface area contributed by atoms with E-state index < -0.39 is 18.0 Å². The maximum Gasteiger partial charge on any atom is 0.408 e. The van der Waals surface area contributed by atoms with Crippen LogP contribution in [0.2, 0.25) is 0 Å². The van der Waals surface area contributed by atoms with Crippen molar-refractivity contribution in [2.45, 2.75) is 12.2 Å². The smallest absolute Gasteiger partial charge is 0.314 e. The standard InChI is InChI=1S/C12H13F4IN2.ClH/c13-10-2-1-8(17)7-9(10)11(12(14,15)16)19-5-3-18-4-6-19;/h1-2,7,11,18H,3-6H2;1H/t11-;/m1./s1. The summed E-state index contributed by atoms with van der Waals surface area (Å²) in [4.78, 5) is 1.28. The zero-order valence-electron chi connectivity index (χ0n) is 10.4. The minimum Gasteiger partial charge on any atom is -0.314 e. The molecule has 2 rings (SSSR count). The van der Waals surface area contributed by atoms with Gasteiger partial charge in [0, 0.05) is 35.3 Å². The topological polar surface area (TPSA) is 15.3 Å². The fourth-order valence-electron chi connectivity index (χ4n) is 2.24. The Morgan fingerprint density at radius 2 is 1.80 bits per heavy atom. The predicted molar refractivity (Wildman–Crippen MR) is 79.6 cm³/mol. The third-order valence-corrected chi connectivity index (χ3v) is 3.75. The Labute approximate surface area is 134 Å². The summed E-state index contributed by atoms with van der Waals surface area (Å²) in [6.07, 6.45) is -4.48. The quantitative estimate of drug-likeness (QED) is 0.579. The molecule has 0 radical (unpaired) electrons. The highest BCUT2D eigenvalue weighted by Crippen LogP contribution is 2.39. The molecule has 0 unspecified atom stereocenters. The van der Waals surface area contributed by atoms with E-state index in [0.29, 0.717) is 16.7 Å². The van der Waals surface area contributed by atoms with Crippen molar-refractivity contribution in [2.24, 2.45) is 0 Å². The van der Waals surface area contributed by atoms with Crippen LogP contribution in [-0.4, -0.2) is 37.3 Å². The van der Waals surface area contributed by atoms with Crippen molar-refractivity contribution < 1.29 is 17.6 Å². The molecule has 20 heavy (non-hydrogen) atoms. The molecule has 0 aromatic heterocycles. The van der Waals surface area contributed by atoms with Gasteiger partial charge in [0.25, 0.3) is 0 Å². The zero-order chi connectivity index (χ0) is 14.0. The van der Waals surface area contributed by atoms with Crippen LogP contribution in [0.1, 0.15) is 11.6 Å². The lowest BCUT2D eigenvalue weighted by molar-refractivity contribution is -0.188. The fraction of sp³-hybridized carbons (Fsp3) is 0.500. The van der Waals surface area contributed by atoms with Crippen molar-refractivity contribution in [3.8, 4) is 0 Å². The van der Waals surface area contributed by atoms with Gasteiger partial charge in [-0.15, -0.1) is 12.4 Å². The van der Waals surface area contributed by atoms with Crippen LogP contribution in [0.4, 0.5) is 17.6 Å². The van der Waals surface area contributed by atoms with Crippen molar-refractivity contribution in [3.63, 3.8) is 0 Å². The number of benzene rings is 1. The van der Waals surface area contributed by atoms with Crippen molar-refractivity contribution in [1.82, 2.24) is 10.2 Å². The van der Waals surface area contributed by atoms with Gasteiger partial charge in [0.05, 0.1) is 0 Å². The fourth-order valence-corrected chi connectivity index (χ4v) is 2.76. The Kier molecular flexibility index (Phi) is 6.49. The molecule has 0 bridgehead atoms. The summed E-state index contributed by atoms with van der Waals surface area (Å²) in [6, 6.07) is 1.96. The highest BCUT2D eigenvalue weighted by molar-refractivity contribution is 14.1. The molecular formula is C12H14ClF4IN2. The molecule has 1 N–H and O–H groups in total. The molecule has 0 aliphatic carbocycles. The van der Waals surface area contributed by atoms with Crippen LogP contribution < -0.4 is 5.32 Å². The molecule has 1 atom stereocenters. The molecule has 1 aromatic rings. The average molecular weight is 425 g/mol. The Balaban J connectivity index is 0.00000200.